The number of hydrogen-bond acceptors (Lipinski definition) is 6. The number of carbonyl (C=O) groups excluding carboxylic acids is 1. The number of thiazole rings is 1. The minimum absolute atomic E-state index is 0.175. The van der Waals surface area contributed by atoms with E-state index in [1.807, 2.05) is 24.3 Å². The molecule has 0 saturated carbocycles. The smallest absolute Gasteiger partial charge is 0.265 e. The van der Waals surface area contributed by atoms with E-state index in [2.05, 4.69) is 15.3 Å². The number of carbonyl (C=O) groups is 1. The second-order valence-corrected chi connectivity index (χ2v) is 9.55. The second kappa shape index (κ2) is 7.85. The molecule has 0 aliphatic carbocycles. The summed E-state index contributed by atoms with van der Waals surface area (Å²) in [5.74, 6) is 0.144. The lowest BCUT2D eigenvalue weighted by atomic mass is 10.1. The molecule has 1 amide bonds. The van der Waals surface area contributed by atoms with Crippen molar-refractivity contribution in [1.29, 1.82) is 0 Å². The van der Waals surface area contributed by atoms with Gasteiger partial charge in [0.25, 0.3) is 10.0 Å². The van der Waals surface area contributed by atoms with Crippen molar-refractivity contribution in [3.8, 4) is 11.3 Å². The number of fused-ring (bicyclic) bond motifs is 1. The maximum Gasteiger partial charge on any atom is 0.265 e. The van der Waals surface area contributed by atoms with Crippen LogP contribution in [0.2, 0.25) is 0 Å². The Bertz CT molecular complexity index is 1330. The molecule has 0 atom stereocenters. The van der Waals surface area contributed by atoms with Gasteiger partial charge in [0, 0.05) is 19.5 Å². The van der Waals surface area contributed by atoms with Crippen LogP contribution in [-0.4, -0.2) is 31.3 Å². The highest BCUT2D eigenvalue weighted by molar-refractivity contribution is 7.92. The molecule has 0 bridgehead atoms. The summed E-state index contributed by atoms with van der Waals surface area (Å²) >= 11 is 1.37. The van der Waals surface area contributed by atoms with Crippen molar-refractivity contribution in [2.24, 2.45) is 0 Å². The van der Waals surface area contributed by atoms with Gasteiger partial charge in [-0.15, -0.1) is 0 Å². The fourth-order valence-electron chi connectivity index (χ4n) is 2.92. The third-order valence-corrected chi connectivity index (χ3v) is 7.14. The van der Waals surface area contributed by atoms with Crippen molar-refractivity contribution in [1.82, 2.24) is 9.97 Å². The molecule has 0 aliphatic rings. The third kappa shape index (κ3) is 3.89. The third-order valence-electron chi connectivity index (χ3n) is 4.43. The van der Waals surface area contributed by atoms with Gasteiger partial charge in [0.2, 0.25) is 5.91 Å². The van der Waals surface area contributed by atoms with Gasteiger partial charge in [0.05, 0.1) is 20.8 Å². The Morgan fingerprint density at radius 2 is 1.77 bits per heavy atom. The van der Waals surface area contributed by atoms with Gasteiger partial charge in [0.15, 0.2) is 5.13 Å². The number of aromatic nitrogens is 2. The number of sulfonamides is 1. The Balaban J connectivity index is 1.68. The number of amides is 1. The highest BCUT2D eigenvalue weighted by Gasteiger charge is 2.22. The van der Waals surface area contributed by atoms with Crippen molar-refractivity contribution in [2.45, 2.75) is 11.8 Å². The molecule has 2 aromatic heterocycles. The standard InChI is InChI=1S/C21H18N4O3S2/c1-14(26)22-21-24-18-12-11-15(13-19(18)29-21)17-9-6-10-20(23-17)25(2)30(27,28)16-7-4-3-5-8-16/h3-13H,1-2H3,(H,22,24,26). The molecule has 152 valence electrons. The first-order chi connectivity index (χ1) is 14.3. The van der Waals surface area contributed by atoms with E-state index in [0.29, 0.717) is 16.6 Å². The molecule has 0 radical (unpaired) electrons. The largest absolute Gasteiger partial charge is 0.302 e. The van der Waals surface area contributed by atoms with E-state index in [-0.39, 0.29) is 10.8 Å². The zero-order chi connectivity index (χ0) is 21.3. The molecule has 4 aromatic rings. The predicted molar refractivity (Wildman–Crippen MR) is 119 cm³/mol. The molecule has 2 aromatic carbocycles. The highest BCUT2D eigenvalue weighted by atomic mass is 32.2. The molecule has 0 spiro atoms. The normalized spacial score (nSPS) is 11.4. The van der Waals surface area contributed by atoms with E-state index in [9.17, 15) is 13.2 Å². The van der Waals surface area contributed by atoms with Crippen LogP contribution >= 0.6 is 11.3 Å². The molecule has 2 heterocycles. The van der Waals surface area contributed by atoms with E-state index >= 15 is 0 Å². The maximum atomic E-state index is 12.9. The number of hydrogen-bond donors (Lipinski definition) is 1. The van der Waals surface area contributed by atoms with E-state index in [0.717, 1.165) is 15.8 Å². The van der Waals surface area contributed by atoms with E-state index < -0.39 is 10.0 Å². The SMILES string of the molecule is CC(=O)Nc1nc2ccc(-c3cccc(N(C)S(=O)(=O)c4ccccc4)n3)cc2s1. The van der Waals surface area contributed by atoms with E-state index in [4.69, 9.17) is 0 Å². The summed E-state index contributed by atoms with van der Waals surface area (Å²) < 4.78 is 27.9. The van der Waals surface area contributed by atoms with Crippen molar-refractivity contribution < 1.29 is 13.2 Å². The lowest BCUT2D eigenvalue weighted by Gasteiger charge is -2.19. The first kappa shape index (κ1) is 20.0. The molecule has 30 heavy (non-hydrogen) atoms. The Morgan fingerprint density at radius 3 is 2.50 bits per heavy atom. The van der Waals surface area contributed by atoms with Crippen LogP contribution in [0.25, 0.3) is 21.5 Å². The molecule has 0 fully saturated rings. The number of anilines is 2. The summed E-state index contributed by atoms with van der Waals surface area (Å²) in [5, 5.41) is 3.22. The summed E-state index contributed by atoms with van der Waals surface area (Å²) in [5.41, 5.74) is 2.24. The topological polar surface area (TPSA) is 92.3 Å². The second-order valence-electron chi connectivity index (χ2n) is 6.55. The fraction of sp³-hybridized carbons (Fsp3) is 0.0952. The molecule has 9 heteroatoms. The lowest BCUT2D eigenvalue weighted by molar-refractivity contribution is -0.114. The van der Waals surface area contributed by atoms with Gasteiger partial charge in [-0.2, -0.15) is 0 Å². The van der Waals surface area contributed by atoms with Crippen molar-refractivity contribution in [3.63, 3.8) is 0 Å². The van der Waals surface area contributed by atoms with Gasteiger partial charge < -0.3 is 5.32 Å². The summed E-state index contributed by atoms with van der Waals surface area (Å²) in [4.78, 5) is 20.4. The molecular formula is C21H18N4O3S2. The zero-order valence-corrected chi connectivity index (χ0v) is 17.9. The van der Waals surface area contributed by atoms with Crippen LogP contribution in [0.1, 0.15) is 6.92 Å². The summed E-state index contributed by atoms with van der Waals surface area (Å²) in [7, 11) is -2.22. The molecule has 0 aliphatic heterocycles. The van der Waals surface area contributed by atoms with E-state index in [1.165, 1.54) is 29.6 Å². The predicted octanol–water partition coefficient (Wildman–Crippen LogP) is 4.14. The summed E-state index contributed by atoms with van der Waals surface area (Å²) in [6, 6.07) is 19.2. The molecular weight excluding hydrogens is 420 g/mol. The molecule has 1 N–H and O–H groups in total. The Kier molecular flexibility index (Phi) is 5.23. The number of pyridine rings is 1. The van der Waals surface area contributed by atoms with Crippen LogP contribution in [0.4, 0.5) is 10.9 Å². The van der Waals surface area contributed by atoms with Crippen LogP contribution in [0.15, 0.2) is 71.6 Å². The van der Waals surface area contributed by atoms with Crippen LogP contribution in [0, 0.1) is 0 Å². The maximum absolute atomic E-state index is 12.9. The van der Waals surface area contributed by atoms with Crippen LogP contribution in [-0.2, 0) is 14.8 Å². The van der Waals surface area contributed by atoms with Gasteiger partial charge >= 0.3 is 0 Å². The Labute approximate surface area is 178 Å². The van der Waals surface area contributed by atoms with Crippen molar-refractivity contribution in [2.75, 3.05) is 16.7 Å². The van der Waals surface area contributed by atoms with E-state index in [1.54, 1.807) is 42.5 Å². The van der Waals surface area contributed by atoms with Crippen LogP contribution < -0.4 is 9.62 Å². The molecule has 4 rings (SSSR count). The average molecular weight is 439 g/mol. The lowest BCUT2D eigenvalue weighted by Crippen LogP contribution is -2.27. The Morgan fingerprint density at radius 1 is 1.00 bits per heavy atom. The molecule has 0 unspecified atom stereocenters. The minimum Gasteiger partial charge on any atom is -0.302 e. The van der Waals surface area contributed by atoms with Gasteiger partial charge in [-0.05, 0) is 36.4 Å². The molecule has 0 saturated heterocycles. The van der Waals surface area contributed by atoms with Crippen molar-refractivity contribution >= 4 is 48.4 Å². The van der Waals surface area contributed by atoms with Gasteiger partial charge in [-0.25, -0.2) is 18.4 Å². The fourth-order valence-corrected chi connectivity index (χ4v) is 5.04. The summed E-state index contributed by atoms with van der Waals surface area (Å²) in [6.07, 6.45) is 0. The number of benzene rings is 2. The number of rotatable bonds is 5. The number of nitrogens with one attached hydrogen (secondary N) is 1. The van der Waals surface area contributed by atoms with Crippen LogP contribution in [0.5, 0.6) is 0 Å². The van der Waals surface area contributed by atoms with Gasteiger partial charge in [-0.1, -0.05) is 41.7 Å². The van der Waals surface area contributed by atoms with Crippen LogP contribution in [0.3, 0.4) is 0 Å². The average Bonchev–Trinajstić information content (AvgIpc) is 3.14. The summed E-state index contributed by atoms with van der Waals surface area (Å²) in [6.45, 7) is 1.44. The van der Waals surface area contributed by atoms with Crippen molar-refractivity contribution in [3.05, 3.63) is 66.7 Å². The number of nitrogens with zero attached hydrogens (tertiary/aromatic N) is 3. The van der Waals surface area contributed by atoms with Gasteiger partial charge in [0.1, 0.15) is 5.82 Å². The monoisotopic (exact) mass is 438 g/mol. The molecule has 7 nitrogen and oxygen atoms in total. The first-order valence-corrected chi connectivity index (χ1v) is 11.3. The minimum atomic E-state index is -3.71. The quantitative estimate of drug-likeness (QED) is 0.506. The Hall–Kier alpha value is -3.30. The zero-order valence-electron chi connectivity index (χ0n) is 16.2. The first-order valence-electron chi connectivity index (χ1n) is 9.04. The van der Waals surface area contributed by atoms with Gasteiger partial charge in [-0.3, -0.25) is 9.10 Å². The highest BCUT2D eigenvalue weighted by Crippen LogP contribution is 2.31.